The van der Waals surface area contributed by atoms with Crippen LogP contribution in [0.15, 0.2) is 23.4 Å². The fourth-order valence-electron chi connectivity index (χ4n) is 3.60. The third-order valence-electron chi connectivity index (χ3n) is 5.12. The van der Waals surface area contributed by atoms with Crippen molar-refractivity contribution < 1.29 is 9.59 Å². The zero-order chi connectivity index (χ0) is 17.6. The van der Waals surface area contributed by atoms with Gasteiger partial charge in [-0.1, -0.05) is 19.1 Å². The third-order valence-corrected chi connectivity index (χ3v) is 5.12. The molecule has 5 heteroatoms. The maximum atomic E-state index is 12.9. The molecular formula is C19H25N3O2. The summed E-state index contributed by atoms with van der Waals surface area (Å²) in [6.45, 7) is 9.47. The first-order valence-corrected chi connectivity index (χ1v) is 8.49. The quantitative estimate of drug-likeness (QED) is 0.928. The molecular weight excluding hydrogens is 302 g/mol. The zero-order valence-electron chi connectivity index (χ0n) is 15.1. The molecule has 1 N–H and O–H groups in total. The number of nitrogens with zero attached hydrogens (tertiary/aromatic N) is 2. The molecule has 3 rings (SSSR count). The molecule has 2 aliphatic rings. The van der Waals surface area contributed by atoms with E-state index in [1.165, 1.54) is 11.1 Å². The Balaban J connectivity index is 2.10. The fourth-order valence-corrected chi connectivity index (χ4v) is 3.60. The summed E-state index contributed by atoms with van der Waals surface area (Å²) in [5, 5.41) is 3.02. The molecule has 0 unspecified atom stereocenters. The van der Waals surface area contributed by atoms with Gasteiger partial charge in [-0.25, -0.2) is 4.79 Å². The lowest BCUT2D eigenvalue weighted by molar-refractivity contribution is -0.125. The number of benzene rings is 1. The summed E-state index contributed by atoms with van der Waals surface area (Å²) in [5.74, 6) is 0.0429. The second kappa shape index (κ2) is 5.96. The molecule has 0 radical (unpaired) electrons. The molecule has 0 saturated carbocycles. The Labute approximate surface area is 143 Å². The van der Waals surface area contributed by atoms with Crippen molar-refractivity contribution in [1.82, 2.24) is 15.1 Å². The van der Waals surface area contributed by atoms with Crippen LogP contribution in [0.1, 0.15) is 41.6 Å². The smallest absolute Gasteiger partial charge is 0.322 e. The normalized spacial score (nSPS) is 20.6. The Morgan fingerprint density at radius 2 is 1.79 bits per heavy atom. The summed E-state index contributed by atoms with van der Waals surface area (Å²) >= 11 is 0. The molecule has 128 valence electrons. The molecule has 2 heterocycles. The molecule has 0 aliphatic carbocycles. The number of rotatable bonds is 3. The van der Waals surface area contributed by atoms with Gasteiger partial charge in [0.2, 0.25) is 0 Å². The summed E-state index contributed by atoms with van der Waals surface area (Å²) in [7, 11) is 1.73. The molecule has 2 aliphatic heterocycles. The Bertz CT molecular complexity index is 751. The van der Waals surface area contributed by atoms with Crippen LogP contribution in [0.25, 0.3) is 0 Å². The van der Waals surface area contributed by atoms with E-state index in [0.29, 0.717) is 13.1 Å². The number of urea groups is 1. The van der Waals surface area contributed by atoms with E-state index in [4.69, 9.17) is 0 Å². The van der Waals surface area contributed by atoms with Gasteiger partial charge in [0, 0.05) is 13.6 Å². The number of hydrogen-bond donors (Lipinski definition) is 1. The molecule has 5 nitrogen and oxygen atoms in total. The van der Waals surface area contributed by atoms with Gasteiger partial charge in [-0.3, -0.25) is 9.69 Å². The minimum absolute atomic E-state index is 0.0429. The fraction of sp³-hybridized carbons (Fsp3) is 0.474. The van der Waals surface area contributed by atoms with Crippen LogP contribution < -0.4 is 5.32 Å². The van der Waals surface area contributed by atoms with Crippen molar-refractivity contribution in [3.05, 3.63) is 45.7 Å². The largest absolute Gasteiger partial charge is 0.333 e. The second-order valence-corrected chi connectivity index (χ2v) is 6.82. The number of amides is 3. The predicted molar refractivity (Wildman–Crippen MR) is 93.6 cm³/mol. The van der Waals surface area contributed by atoms with Crippen LogP contribution in [0.3, 0.4) is 0 Å². The highest BCUT2D eigenvalue weighted by molar-refractivity contribution is 6.01. The van der Waals surface area contributed by atoms with Crippen molar-refractivity contribution in [2.24, 2.45) is 0 Å². The highest BCUT2D eigenvalue weighted by Crippen LogP contribution is 2.37. The predicted octanol–water partition coefficient (Wildman–Crippen LogP) is 2.81. The molecule has 24 heavy (non-hydrogen) atoms. The van der Waals surface area contributed by atoms with Crippen LogP contribution in [0.5, 0.6) is 0 Å². The Morgan fingerprint density at radius 1 is 1.12 bits per heavy atom. The van der Waals surface area contributed by atoms with Crippen LogP contribution in [0, 0.1) is 20.8 Å². The summed E-state index contributed by atoms with van der Waals surface area (Å²) in [4.78, 5) is 28.7. The van der Waals surface area contributed by atoms with Crippen molar-refractivity contribution in [3.63, 3.8) is 0 Å². The first-order valence-electron chi connectivity index (χ1n) is 8.49. The van der Waals surface area contributed by atoms with Crippen molar-refractivity contribution >= 4 is 11.9 Å². The SMILES string of the molecule is CCCN1CC2=C(C1=O)[C@@H](c1cc(C)c(C)cc1C)NC(=O)N2C. The standard InChI is InChI=1S/C19H25N3O2/c1-6-7-22-10-15-16(18(22)23)17(20-19(24)21(15)5)14-9-12(3)11(2)8-13(14)4/h8-9,17H,6-7,10H2,1-5H3,(H,20,24)/t17-/m1/s1. The number of nitrogens with one attached hydrogen (secondary N) is 1. The van der Waals surface area contributed by atoms with Crippen LogP contribution in [-0.2, 0) is 4.79 Å². The van der Waals surface area contributed by atoms with Gasteiger partial charge in [0.05, 0.1) is 23.9 Å². The average Bonchev–Trinajstić information content (AvgIpc) is 2.85. The van der Waals surface area contributed by atoms with Gasteiger partial charge < -0.3 is 10.2 Å². The molecule has 1 atom stereocenters. The van der Waals surface area contributed by atoms with Crippen LogP contribution >= 0.6 is 0 Å². The van der Waals surface area contributed by atoms with E-state index >= 15 is 0 Å². The molecule has 0 aromatic heterocycles. The highest BCUT2D eigenvalue weighted by Gasteiger charge is 2.42. The number of hydrogen-bond acceptors (Lipinski definition) is 2. The second-order valence-electron chi connectivity index (χ2n) is 6.82. The zero-order valence-corrected chi connectivity index (χ0v) is 15.1. The van der Waals surface area contributed by atoms with Gasteiger partial charge in [-0.15, -0.1) is 0 Å². The summed E-state index contributed by atoms with van der Waals surface area (Å²) in [5.41, 5.74) is 6.05. The van der Waals surface area contributed by atoms with Gasteiger partial charge in [-0.2, -0.15) is 0 Å². The van der Waals surface area contributed by atoms with E-state index in [0.717, 1.165) is 28.8 Å². The number of carbonyl (C=O) groups excluding carboxylic acids is 2. The Hall–Kier alpha value is -2.30. The van der Waals surface area contributed by atoms with Gasteiger partial charge in [0.15, 0.2) is 0 Å². The van der Waals surface area contributed by atoms with Crippen molar-refractivity contribution in [1.29, 1.82) is 0 Å². The third kappa shape index (κ3) is 2.48. The number of aryl methyl sites for hydroxylation is 3. The Kier molecular flexibility index (Phi) is 4.11. The van der Waals surface area contributed by atoms with Crippen LogP contribution in [0.4, 0.5) is 4.79 Å². The molecule has 0 spiro atoms. The highest BCUT2D eigenvalue weighted by atomic mass is 16.2. The minimum atomic E-state index is -0.364. The van der Waals surface area contributed by atoms with Gasteiger partial charge >= 0.3 is 6.03 Å². The topological polar surface area (TPSA) is 52.7 Å². The van der Waals surface area contributed by atoms with Gasteiger partial charge in [0.1, 0.15) is 0 Å². The van der Waals surface area contributed by atoms with E-state index in [9.17, 15) is 9.59 Å². The lowest BCUT2D eigenvalue weighted by atomic mass is 9.90. The maximum Gasteiger partial charge on any atom is 0.322 e. The van der Waals surface area contributed by atoms with Crippen LogP contribution in [0.2, 0.25) is 0 Å². The maximum absolute atomic E-state index is 12.9. The lowest BCUT2D eigenvalue weighted by Crippen LogP contribution is -2.45. The minimum Gasteiger partial charge on any atom is -0.333 e. The molecule has 0 bridgehead atoms. The molecule has 3 amide bonds. The summed E-state index contributed by atoms with van der Waals surface area (Å²) < 4.78 is 0. The van der Waals surface area contributed by atoms with Crippen molar-refractivity contribution in [2.75, 3.05) is 20.1 Å². The molecule has 1 aromatic carbocycles. The lowest BCUT2D eigenvalue weighted by Gasteiger charge is -2.32. The van der Waals surface area contributed by atoms with E-state index in [2.05, 4.69) is 38.2 Å². The monoisotopic (exact) mass is 327 g/mol. The van der Waals surface area contributed by atoms with Gasteiger partial charge in [-0.05, 0) is 49.4 Å². The first kappa shape index (κ1) is 16.6. The summed E-state index contributed by atoms with van der Waals surface area (Å²) in [6, 6.07) is 3.71. The summed E-state index contributed by atoms with van der Waals surface area (Å²) in [6.07, 6.45) is 0.907. The van der Waals surface area contributed by atoms with E-state index in [-0.39, 0.29) is 18.0 Å². The van der Waals surface area contributed by atoms with Crippen molar-refractivity contribution in [2.45, 2.75) is 40.2 Å². The van der Waals surface area contributed by atoms with Gasteiger partial charge in [0.25, 0.3) is 5.91 Å². The van der Waals surface area contributed by atoms with Crippen LogP contribution in [-0.4, -0.2) is 41.9 Å². The molecule has 1 aromatic rings. The van der Waals surface area contributed by atoms with E-state index in [1.807, 2.05) is 11.8 Å². The Morgan fingerprint density at radius 3 is 2.46 bits per heavy atom. The number of likely N-dealkylation sites (N-methyl/N-ethyl adjacent to an activating group) is 1. The number of carbonyl (C=O) groups is 2. The molecule has 0 fully saturated rings. The van der Waals surface area contributed by atoms with Crippen molar-refractivity contribution in [3.8, 4) is 0 Å². The average molecular weight is 327 g/mol. The van der Waals surface area contributed by atoms with E-state index in [1.54, 1.807) is 11.9 Å². The first-order chi connectivity index (χ1) is 11.3. The molecule has 0 saturated heterocycles. The van der Waals surface area contributed by atoms with E-state index < -0.39 is 0 Å².